The Labute approximate surface area is 95.3 Å². The van der Waals surface area contributed by atoms with Gasteiger partial charge in [-0.3, -0.25) is 9.78 Å². The Kier molecular flexibility index (Phi) is 5.14. The summed E-state index contributed by atoms with van der Waals surface area (Å²) in [5.41, 5.74) is 13.1. The molecule has 0 atom stereocenters. The molecule has 0 saturated heterocycles. The highest BCUT2D eigenvalue weighted by Gasteiger charge is 2.06. The molecule has 0 aliphatic carbocycles. The molecule has 1 heterocycles. The second-order valence-electron chi connectivity index (χ2n) is 3.86. The van der Waals surface area contributed by atoms with Crippen molar-refractivity contribution in [3.05, 3.63) is 27.4 Å². The first kappa shape index (κ1) is 12.9. The quantitative estimate of drug-likeness (QED) is 0.586. The summed E-state index contributed by atoms with van der Waals surface area (Å²) in [6.07, 6.45) is 3.30. The van der Waals surface area contributed by atoms with Crippen LogP contribution in [-0.4, -0.2) is 23.1 Å². The minimum atomic E-state index is -0.112. The zero-order chi connectivity index (χ0) is 12.0. The first-order valence-corrected chi connectivity index (χ1v) is 5.67. The molecule has 0 aliphatic heterocycles. The van der Waals surface area contributed by atoms with E-state index in [1.54, 1.807) is 0 Å². The maximum absolute atomic E-state index is 11.6. The average Bonchev–Trinajstić information content (AvgIpc) is 2.25. The van der Waals surface area contributed by atoms with Crippen LogP contribution in [0.3, 0.4) is 0 Å². The maximum Gasteiger partial charge on any atom is 0.269 e. The number of nitrogens with two attached hydrogens (primary N) is 2. The summed E-state index contributed by atoms with van der Waals surface area (Å²) in [5.74, 6) is 0. The molecule has 0 bridgehead atoms. The molecule has 5 heteroatoms. The zero-order valence-corrected chi connectivity index (χ0v) is 9.75. The van der Waals surface area contributed by atoms with E-state index in [1.165, 1.54) is 0 Å². The molecule has 0 radical (unpaired) electrons. The number of rotatable bonds is 6. The van der Waals surface area contributed by atoms with Crippen LogP contribution in [0.25, 0.3) is 0 Å². The monoisotopic (exact) mass is 224 g/mol. The van der Waals surface area contributed by atoms with E-state index in [0.717, 1.165) is 30.7 Å². The summed E-state index contributed by atoms with van der Waals surface area (Å²) in [7, 11) is 0. The largest absolute Gasteiger partial charge is 0.330 e. The molecular formula is C11H20N4O. The van der Waals surface area contributed by atoms with E-state index in [1.807, 2.05) is 6.92 Å². The highest BCUT2D eigenvalue weighted by Crippen LogP contribution is 2.04. The van der Waals surface area contributed by atoms with Crippen LogP contribution >= 0.6 is 0 Å². The van der Waals surface area contributed by atoms with Crippen molar-refractivity contribution in [1.29, 1.82) is 0 Å². The Morgan fingerprint density at radius 2 is 1.94 bits per heavy atom. The maximum atomic E-state index is 11.6. The Morgan fingerprint density at radius 3 is 2.56 bits per heavy atom. The van der Waals surface area contributed by atoms with Crippen LogP contribution in [0.15, 0.2) is 4.79 Å². The Balaban J connectivity index is 2.79. The van der Waals surface area contributed by atoms with Gasteiger partial charge < -0.3 is 16.5 Å². The number of hydrogen-bond acceptors (Lipinski definition) is 4. The SMILES string of the molecule is Cc1nc(CCN)c(=O)[nH]c1CCCCN. The molecule has 0 spiro atoms. The second kappa shape index (κ2) is 6.40. The minimum Gasteiger partial charge on any atom is -0.330 e. The highest BCUT2D eigenvalue weighted by atomic mass is 16.1. The van der Waals surface area contributed by atoms with Crippen molar-refractivity contribution >= 4 is 0 Å². The molecule has 5 N–H and O–H groups in total. The van der Waals surface area contributed by atoms with Crippen LogP contribution in [0.1, 0.15) is 29.9 Å². The molecule has 0 saturated carbocycles. The second-order valence-corrected chi connectivity index (χ2v) is 3.86. The van der Waals surface area contributed by atoms with Crippen molar-refractivity contribution in [3.8, 4) is 0 Å². The Bertz CT molecular complexity index is 386. The lowest BCUT2D eigenvalue weighted by Crippen LogP contribution is -2.21. The van der Waals surface area contributed by atoms with Crippen LogP contribution in [0.2, 0.25) is 0 Å². The summed E-state index contributed by atoms with van der Waals surface area (Å²) < 4.78 is 0. The van der Waals surface area contributed by atoms with E-state index >= 15 is 0 Å². The van der Waals surface area contributed by atoms with E-state index in [0.29, 0.717) is 25.2 Å². The number of aromatic amines is 1. The van der Waals surface area contributed by atoms with Gasteiger partial charge in [0.25, 0.3) is 5.56 Å². The summed E-state index contributed by atoms with van der Waals surface area (Å²) in [6, 6.07) is 0. The first-order valence-electron chi connectivity index (χ1n) is 5.67. The van der Waals surface area contributed by atoms with Crippen molar-refractivity contribution in [3.63, 3.8) is 0 Å². The van der Waals surface area contributed by atoms with Crippen LogP contribution in [0, 0.1) is 6.92 Å². The predicted molar refractivity (Wildman–Crippen MR) is 64.3 cm³/mol. The molecule has 1 aromatic heterocycles. The van der Waals surface area contributed by atoms with Crippen molar-refractivity contribution in [1.82, 2.24) is 9.97 Å². The molecule has 5 nitrogen and oxygen atoms in total. The third kappa shape index (κ3) is 3.43. The fourth-order valence-corrected chi connectivity index (χ4v) is 1.62. The molecule has 0 unspecified atom stereocenters. The van der Waals surface area contributed by atoms with E-state index in [4.69, 9.17) is 11.5 Å². The molecule has 1 rings (SSSR count). The normalized spacial score (nSPS) is 10.7. The molecule has 0 aliphatic rings. The minimum absolute atomic E-state index is 0.112. The third-order valence-electron chi connectivity index (χ3n) is 2.53. The van der Waals surface area contributed by atoms with Crippen molar-refractivity contribution in [2.75, 3.05) is 13.1 Å². The van der Waals surface area contributed by atoms with Gasteiger partial charge >= 0.3 is 0 Å². The lowest BCUT2D eigenvalue weighted by Gasteiger charge is -2.06. The van der Waals surface area contributed by atoms with Crippen molar-refractivity contribution < 1.29 is 0 Å². The van der Waals surface area contributed by atoms with Gasteiger partial charge in [0.05, 0.1) is 5.69 Å². The van der Waals surface area contributed by atoms with E-state index in [-0.39, 0.29) is 5.56 Å². The van der Waals surface area contributed by atoms with Gasteiger partial charge in [0, 0.05) is 12.1 Å². The number of aromatic nitrogens is 2. The lowest BCUT2D eigenvalue weighted by molar-refractivity contribution is 0.716. The topological polar surface area (TPSA) is 97.8 Å². The summed E-state index contributed by atoms with van der Waals surface area (Å²) in [5, 5.41) is 0. The van der Waals surface area contributed by atoms with Crippen LogP contribution < -0.4 is 17.0 Å². The van der Waals surface area contributed by atoms with Gasteiger partial charge in [0.2, 0.25) is 0 Å². The molecule has 0 fully saturated rings. The van der Waals surface area contributed by atoms with Gasteiger partial charge in [-0.25, -0.2) is 0 Å². The Hall–Kier alpha value is -1.20. The Morgan fingerprint density at radius 1 is 1.19 bits per heavy atom. The molecule has 0 aromatic carbocycles. The van der Waals surface area contributed by atoms with Gasteiger partial charge in [-0.15, -0.1) is 0 Å². The van der Waals surface area contributed by atoms with Crippen LogP contribution in [-0.2, 0) is 12.8 Å². The molecular weight excluding hydrogens is 204 g/mol. The molecule has 16 heavy (non-hydrogen) atoms. The highest BCUT2D eigenvalue weighted by molar-refractivity contribution is 5.13. The first-order chi connectivity index (χ1) is 7.69. The van der Waals surface area contributed by atoms with E-state index in [9.17, 15) is 4.79 Å². The zero-order valence-electron chi connectivity index (χ0n) is 9.75. The molecule has 1 aromatic rings. The van der Waals surface area contributed by atoms with Gasteiger partial charge in [-0.2, -0.15) is 0 Å². The number of unbranched alkanes of at least 4 members (excludes halogenated alkanes) is 1. The predicted octanol–water partition coefficient (Wildman–Crippen LogP) is -0.139. The lowest BCUT2D eigenvalue weighted by atomic mass is 10.1. The number of nitrogens with one attached hydrogen (secondary N) is 1. The van der Waals surface area contributed by atoms with Crippen molar-refractivity contribution in [2.24, 2.45) is 11.5 Å². The van der Waals surface area contributed by atoms with E-state index < -0.39 is 0 Å². The number of nitrogens with zero attached hydrogens (tertiary/aromatic N) is 1. The van der Waals surface area contributed by atoms with Crippen LogP contribution in [0.4, 0.5) is 0 Å². The van der Waals surface area contributed by atoms with Gasteiger partial charge in [0.15, 0.2) is 0 Å². The van der Waals surface area contributed by atoms with Gasteiger partial charge in [-0.1, -0.05) is 0 Å². The van der Waals surface area contributed by atoms with E-state index in [2.05, 4.69) is 9.97 Å². The smallest absolute Gasteiger partial charge is 0.269 e. The molecule has 0 amide bonds. The van der Waals surface area contributed by atoms with Crippen molar-refractivity contribution in [2.45, 2.75) is 32.6 Å². The van der Waals surface area contributed by atoms with Crippen LogP contribution in [0.5, 0.6) is 0 Å². The molecule has 90 valence electrons. The third-order valence-corrected chi connectivity index (χ3v) is 2.53. The fraction of sp³-hybridized carbons (Fsp3) is 0.636. The summed E-state index contributed by atoms with van der Waals surface area (Å²) in [6.45, 7) is 3.04. The number of hydrogen-bond donors (Lipinski definition) is 3. The van der Waals surface area contributed by atoms with Gasteiger partial charge in [-0.05, 0) is 39.3 Å². The standard InChI is InChI=1S/C11H20N4O/c1-8-9(4-2-3-6-12)15-11(16)10(14-8)5-7-13/h2-7,12-13H2,1H3,(H,15,16). The summed E-state index contributed by atoms with van der Waals surface area (Å²) >= 11 is 0. The number of aryl methyl sites for hydroxylation is 2. The van der Waals surface area contributed by atoms with Gasteiger partial charge in [0.1, 0.15) is 5.69 Å². The fourth-order valence-electron chi connectivity index (χ4n) is 1.62. The number of H-pyrrole nitrogens is 1. The summed E-state index contributed by atoms with van der Waals surface area (Å²) in [4.78, 5) is 18.8. The average molecular weight is 224 g/mol.